The fraction of sp³-hybridized carbons (Fsp3) is 0.458. The summed E-state index contributed by atoms with van der Waals surface area (Å²) in [6.07, 6.45) is 3.53. The quantitative estimate of drug-likeness (QED) is 0.713. The molecule has 2 aromatic carbocycles. The Morgan fingerprint density at radius 1 is 1.07 bits per heavy atom. The number of amides is 1. The van der Waals surface area contributed by atoms with E-state index >= 15 is 0 Å². The zero-order valence-corrected chi connectivity index (χ0v) is 17.0. The van der Waals surface area contributed by atoms with Crippen LogP contribution in [0.1, 0.15) is 48.8 Å². The first kappa shape index (κ1) is 19.6. The number of carbonyl (C=O) groups excluding carboxylic acids is 1. The molecule has 2 aromatic rings. The Morgan fingerprint density at radius 2 is 1.78 bits per heavy atom. The Kier molecular flexibility index (Phi) is 6.33. The van der Waals surface area contributed by atoms with E-state index in [0.717, 1.165) is 47.4 Å². The summed E-state index contributed by atoms with van der Waals surface area (Å²) in [5.41, 5.74) is 4.66. The molecule has 0 aliphatic carbocycles. The third kappa shape index (κ3) is 4.78. The van der Waals surface area contributed by atoms with Gasteiger partial charge in [0.1, 0.15) is 0 Å². The molecule has 1 aliphatic rings. The van der Waals surface area contributed by atoms with E-state index in [1.807, 2.05) is 6.07 Å². The molecule has 1 heterocycles. The maximum Gasteiger partial charge on any atom is 0.279 e. The number of anilines is 1. The molecule has 144 valence electrons. The SMILES string of the molecule is CCC[N+]1(CC(=O)Nc2c(C)cccc2C)CCCC(c2ccccc2)C1. The summed E-state index contributed by atoms with van der Waals surface area (Å²) in [6, 6.07) is 17.0. The van der Waals surface area contributed by atoms with E-state index in [4.69, 9.17) is 0 Å². The second kappa shape index (κ2) is 8.71. The first-order valence-electron chi connectivity index (χ1n) is 10.3. The average molecular weight is 366 g/mol. The van der Waals surface area contributed by atoms with E-state index in [2.05, 4.69) is 68.6 Å². The number of likely N-dealkylation sites (tertiary alicyclic amines) is 1. The molecular weight excluding hydrogens is 332 g/mol. The van der Waals surface area contributed by atoms with Gasteiger partial charge >= 0.3 is 0 Å². The lowest BCUT2D eigenvalue weighted by Crippen LogP contribution is -2.57. The summed E-state index contributed by atoms with van der Waals surface area (Å²) < 4.78 is 0.910. The zero-order valence-electron chi connectivity index (χ0n) is 17.0. The minimum Gasteiger partial charge on any atom is -0.321 e. The van der Waals surface area contributed by atoms with Crippen LogP contribution in [0, 0.1) is 13.8 Å². The lowest BCUT2D eigenvalue weighted by Gasteiger charge is -2.44. The maximum atomic E-state index is 13.0. The summed E-state index contributed by atoms with van der Waals surface area (Å²) in [7, 11) is 0. The number of carbonyl (C=O) groups is 1. The number of para-hydroxylation sites is 1. The molecule has 2 atom stereocenters. The third-order valence-corrected chi connectivity index (χ3v) is 5.99. The van der Waals surface area contributed by atoms with Crippen LogP contribution < -0.4 is 5.32 Å². The Bertz CT molecular complexity index is 747. The number of nitrogens with zero attached hydrogens (tertiary/aromatic N) is 1. The molecule has 0 saturated carbocycles. The molecule has 1 amide bonds. The first-order valence-corrected chi connectivity index (χ1v) is 10.3. The fourth-order valence-electron chi connectivity index (χ4n) is 4.72. The zero-order chi connectivity index (χ0) is 19.3. The molecule has 0 aromatic heterocycles. The van der Waals surface area contributed by atoms with Gasteiger partial charge in [-0.05, 0) is 49.8 Å². The van der Waals surface area contributed by atoms with E-state index in [1.165, 1.54) is 18.4 Å². The predicted molar refractivity (Wildman–Crippen MR) is 113 cm³/mol. The molecule has 1 saturated heterocycles. The van der Waals surface area contributed by atoms with Crippen molar-refractivity contribution in [3.05, 3.63) is 65.2 Å². The normalized spacial score (nSPS) is 22.4. The van der Waals surface area contributed by atoms with Gasteiger partial charge < -0.3 is 9.80 Å². The highest BCUT2D eigenvalue weighted by Crippen LogP contribution is 2.32. The molecule has 3 heteroatoms. The number of benzene rings is 2. The minimum atomic E-state index is 0.148. The molecule has 3 nitrogen and oxygen atoms in total. The van der Waals surface area contributed by atoms with Crippen molar-refractivity contribution >= 4 is 11.6 Å². The van der Waals surface area contributed by atoms with Gasteiger partial charge in [0.05, 0.1) is 19.6 Å². The summed E-state index contributed by atoms with van der Waals surface area (Å²) in [4.78, 5) is 13.0. The van der Waals surface area contributed by atoms with Crippen LogP contribution in [0.4, 0.5) is 5.69 Å². The van der Waals surface area contributed by atoms with Crippen LogP contribution in [0.2, 0.25) is 0 Å². The van der Waals surface area contributed by atoms with Crippen LogP contribution in [0.3, 0.4) is 0 Å². The van der Waals surface area contributed by atoms with Crippen LogP contribution in [-0.2, 0) is 4.79 Å². The van der Waals surface area contributed by atoms with Crippen molar-refractivity contribution in [1.29, 1.82) is 0 Å². The molecule has 0 radical (unpaired) electrons. The average Bonchev–Trinajstić information content (AvgIpc) is 2.66. The van der Waals surface area contributed by atoms with E-state index in [-0.39, 0.29) is 5.91 Å². The molecule has 2 unspecified atom stereocenters. The molecule has 1 fully saturated rings. The van der Waals surface area contributed by atoms with Gasteiger partial charge in [0, 0.05) is 11.6 Å². The first-order chi connectivity index (χ1) is 13.0. The van der Waals surface area contributed by atoms with Crippen molar-refractivity contribution in [2.24, 2.45) is 0 Å². The third-order valence-electron chi connectivity index (χ3n) is 5.99. The molecule has 27 heavy (non-hydrogen) atoms. The van der Waals surface area contributed by atoms with Gasteiger partial charge in [0.2, 0.25) is 0 Å². The second-order valence-corrected chi connectivity index (χ2v) is 8.19. The van der Waals surface area contributed by atoms with Gasteiger partial charge in [-0.15, -0.1) is 0 Å². The fourth-order valence-corrected chi connectivity index (χ4v) is 4.72. The highest BCUT2D eigenvalue weighted by atomic mass is 16.2. The number of nitrogens with one attached hydrogen (secondary N) is 1. The van der Waals surface area contributed by atoms with E-state index in [0.29, 0.717) is 12.5 Å². The largest absolute Gasteiger partial charge is 0.321 e. The summed E-state index contributed by atoms with van der Waals surface area (Å²) in [6.45, 7) is 10.2. The molecule has 0 spiro atoms. The van der Waals surface area contributed by atoms with Gasteiger partial charge in [0.25, 0.3) is 5.91 Å². The summed E-state index contributed by atoms with van der Waals surface area (Å²) in [5, 5.41) is 3.21. The van der Waals surface area contributed by atoms with Crippen molar-refractivity contribution < 1.29 is 9.28 Å². The van der Waals surface area contributed by atoms with Gasteiger partial charge in [-0.25, -0.2) is 0 Å². The van der Waals surface area contributed by atoms with Crippen molar-refractivity contribution in [3.63, 3.8) is 0 Å². The molecular formula is C24H33N2O+. The smallest absolute Gasteiger partial charge is 0.279 e. The Hall–Kier alpha value is -2.13. The number of hydrogen-bond donors (Lipinski definition) is 1. The lowest BCUT2D eigenvalue weighted by molar-refractivity contribution is -0.926. The van der Waals surface area contributed by atoms with Crippen molar-refractivity contribution in [1.82, 2.24) is 0 Å². The van der Waals surface area contributed by atoms with E-state index < -0.39 is 0 Å². The number of aryl methyl sites for hydroxylation is 2. The van der Waals surface area contributed by atoms with Gasteiger partial charge in [-0.1, -0.05) is 55.5 Å². The number of piperidine rings is 1. The van der Waals surface area contributed by atoms with E-state index in [9.17, 15) is 4.79 Å². The second-order valence-electron chi connectivity index (χ2n) is 8.19. The lowest BCUT2D eigenvalue weighted by atomic mass is 9.88. The van der Waals surface area contributed by atoms with Crippen molar-refractivity contribution in [3.8, 4) is 0 Å². The molecule has 1 N–H and O–H groups in total. The van der Waals surface area contributed by atoms with Crippen LogP contribution in [0.25, 0.3) is 0 Å². The standard InChI is InChI=1S/C24H32N2O/c1-4-15-26(16-9-14-22(17-26)21-12-6-5-7-13-21)18-23(27)25-24-19(2)10-8-11-20(24)3/h5-8,10-13,22H,4,9,14-18H2,1-3H3/p+1. The Balaban J connectivity index is 1.75. The van der Waals surface area contributed by atoms with Crippen LogP contribution in [0.15, 0.2) is 48.5 Å². The Labute approximate surface area is 164 Å². The predicted octanol–water partition coefficient (Wildman–Crippen LogP) is 5.05. The minimum absolute atomic E-state index is 0.148. The van der Waals surface area contributed by atoms with Gasteiger partial charge in [0.15, 0.2) is 6.54 Å². The van der Waals surface area contributed by atoms with Crippen LogP contribution in [0.5, 0.6) is 0 Å². The van der Waals surface area contributed by atoms with Crippen molar-refractivity contribution in [2.75, 3.05) is 31.5 Å². The van der Waals surface area contributed by atoms with E-state index in [1.54, 1.807) is 0 Å². The molecule has 0 bridgehead atoms. The molecule has 3 rings (SSSR count). The summed E-state index contributed by atoms with van der Waals surface area (Å²) >= 11 is 0. The number of rotatable bonds is 6. The van der Waals surface area contributed by atoms with Crippen LogP contribution >= 0.6 is 0 Å². The number of hydrogen-bond acceptors (Lipinski definition) is 1. The monoisotopic (exact) mass is 365 g/mol. The van der Waals surface area contributed by atoms with Crippen molar-refractivity contribution in [2.45, 2.75) is 46.0 Å². The maximum absolute atomic E-state index is 13.0. The van der Waals surface area contributed by atoms with Gasteiger partial charge in [-0.2, -0.15) is 0 Å². The van der Waals surface area contributed by atoms with Crippen LogP contribution in [-0.4, -0.2) is 36.6 Å². The van der Waals surface area contributed by atoms with Gasteiger partial charge in [-0.3, -0.25) is 4.79 Å². The summed E-state index contributed by atoms with van der Waals surface area (Å²) in [5.74, 6) is 0.703. The highest BCUT2D eigenvalue weighted by molar-refractivity contribution is 5.93. The topological polar surface area (TPSA) is 29.1 Å². The Morgan fingerprint density at radius 3 is 2.44 bits per heavy atom. The number of quaternary nitrogens is 1. The molecule has 1 aliphatic heterocycles. The highest BCUT2D eigenvalue weighted by Gasteiger charge is 2.37.